The molecule has 1 fully saturated rings. The highest BCUT2D eigenvalue weighted by atomic mass is 15.2. The number of benzene rings is 1. The molecule has 1 unspecified atom stereocenters. The summed E-state index contributed by atoms with van der Waals surface area (Å²) in [5.74, 6) is 0. The van der Waals surface area contributed by atoms with Gasteiger partial charge in [0.1, 0.15) is 0 Å². The van der Waals surface area contributed by atoms with Crippen LogP contribution >= 0.6 is 0 Å². The van der Waals surface area contributed by atoms with Gasteiger partial charge in [-0.2, -0.15) is 0 Å². The Morgan fingerprint density at radius 1 is 1.29 bits per heavy atom. The Bertz CT molecular complexity index is 449. The third-order valence-electron chi connectivity index (χ3n) is 5.08. The summed E-state index contributed by atoms with van der Waals surface area (Å²) >= 11 is 0. The average Bonchev–Trinajstić information content (AvgIpc) is 2.88. The lowest BCUT2D eigenvalue weighted by molar-refractivity contribution is 0.174. The Morgan fingerprint density at radius 2 is 2.12 bits per heavy atom. The highest BCUT2D eigenvalue weighted by molar-refractivity contribution is 5.49. The molecule has 1 aromatic rings. The van der Waals surface area contributed by atoms with E-state index in [-0.39, 0.29) is 0 Å². The summed E-state index contributed by atoms with van der Waals surface area (Å²) in [6.45, 7) is 5.86. The largest absolute Gasteiger partial charge is 0.297 e. The van der Waals surface area contributed by atoms with Crippen LogP contribution in [0, 0.1) is 6.92 Å². The van der Waals surface area contributed by atoms with Crippen molar-refractivity contribution in [1.29, 1.82) is 0 Å². The molecule has 0 saturated carbocycles. The molecule has 1 heteroatoms. The average molecular weight is 229 g/mol. The van der Waals surface area contributed by atoms with Gasteiger partial charge in [-0.15, -0.1) is 0 Å². The van der Waals surface area contributed by atoms with Crippen LogP contribution < -0.4 is 0 Å². The van der Waals surface area contributed by atoms with E-state index in [1.807, 2.05) is 0 Å². The standard InChI is InChI=1S/C16H23N/c1-4-13-7-6-12(2)14-8-10-16(15(13)14)9-5-11-17(16)3/h6-7H,4-5,8-11H2,1-3H3. The van der Waals surface area contributed by atoms with Gasteiger partial charge in [-0.05, 0) is 74.9 Å². The molecule has 1 heterocycles. The van der Waals surface area contributed by atoms with E-state index in [1.54, 1.807) is 16.7 Å². The Balaban J connectivity index is 2.21. The van der Waals surface area contributed by atoms with E-state index < -0.39 is 0 Å². The van der Waals surface area contributed by atoms with E-state index in [9.17, 15) is 0 Å². The minimum Gasteiger partial charge on any atom is -0.297 e. The van der Waals surface area contributed by atoms with Crippen molar-refractivity contribution in [2.75, 3.05) is 13.6 Å². The zero-order chi connectivity index (χ0) is 12.0. The number of nitrogens with zero attached hydrogens (tertiary/aromatic N) is 1. The van der Waals surface area contributed by atoms with E-state index >= 15 is 0 Å². The van der Waals surface area contributed by atoms with Crippen molar-refractivity contribution in [3.8, 4) is 0 Å². The number of rotatable bonds is 1. The molecule has 1 spiro atoms. The van der Waals surface area contributed by atoms with Crippen LogP contribution in [0.25, 0.3) is 0 Å². The maximum absolute atomic E-state index is 2.62. The Labute approximate surface area is 105 Å². The summed E-state index contributed by atoms with van der Waals surface area (Å²) in [7, 11) is 2.32. The zero-order valence-corrected chi connectivity index (χ0v) is 11.3. The van der Waals surface area contributed by atoms with Crippen molar-refractivity contribution in [2.24, 2.45) is 0 Å². The highest BCUT2D eigenvalue weighted by Gasteiger charge is 2.46. The van der Waals surface area contributed by atoms with Crippen LogP contribution in [-0.2, 0) is 18.4 Å². The SMILES string of the molecule is CCc1ccc(C)c2c1C1(CCCN1C)CC2. The quantitative estimate of drug-likeness (QED) is 0.713. The summed E-state index contributed by atoms with van der Waals surface area (Å²) in [5.41, 5.74) is 6.87. The highest BCUT2D eigenvalue weighted by Crippen LogP contribution is 2.49. The minimum absolute atomic E-state index is 0.396. The fourth-order valence-electron chi connectivity index (χ4n) is 4.10. The minimum atomic E-state index is 0.396. The fraction of sp³-hybridized carbons (Fsp3) is 0.625. The Hall–Kier alpha value is -0.820. The molecule has 2 aliphatic rings. The third-order valence-corrected chi connectivity index (χ3v) is 5.08. The van der Waals surface area contributed by atoms with E-state index in [0.717, 1.165) is 0 Å². The van der Waals surface area contributed by atoms with Gasteiger partial charge >= 0.3 is 0 Å². The smallest absolute Gasteiger partial charge is 0.0466 e. The van der Waals surface area contributed by atoms with Crippen LogP contribution in [0.4, 0.5) is 0 Å². The summed E-state index contributed by atoms with van der Waals surface area (Å²) in [6.07, 6.45) is 6.55. The lowest BCUT2D eigenvalue weighted by Gasteiger charge is -2.35. The Morgan fingerprint density at radius 3 is 2.76 bits per heavy atom. The molecule has 1 aromatic carbocycles. The summed E-state index contributed by atoms with van der Waals surface area (Å²) in [6, 6.07) is 4.69. The van der Waals surface area contributed by atoms with Gasteiger partial charge in [0.05, 0.1) is 0 Å². The van der Waals surface area contributed by atoms with Crippen LogP contribution in [0.15, 0.2) is 12.1 Å². The van der Waals surface area contributed by atoms with Crippen molar-refractivity contribution in [3.63, 3.8) is 0 Å². The lowest BCUT2D eigenvalue weighted by Crippen LogP contribution is -2.37. The predicted molar refractivity (Wildman–Crippen MR) is 72.4 cm³/mol. The first kappa shape index (κ1) is 11.3. The van der Waals surface area contributed by atoms with Crippen molar-refractivity contribution >= 4 is 0 Å². The van der Waals surface area contributed by atoms with Gasteiger partial charge in [-0.1, -0.05) is 19.1 Å². The molecule has 1 atom stereocenters. The number of likely N-dealkylation sites (tertiary alicyclic amines) is 1. The number of hydrogen-bond donors (Lipinski definition) is 0. The normalized spacial score (nSPS) is 27.9. The van der Waals surface area contributed by atoms with Crippen LogP contribution in [-0.4, -0.2) is 18.5 Å². The van der Waals surface area contributed by atoms with Gasteiger partial charge in [-0.3, -0.25) is 4.90 Å². The molecule has 3 rings (SSSR count). The summed E-state index contributed by atoms with van der Waals surface area (Å²) < 4.78 is 0. The van der Waals surface area contributed by atoms with E-state index in [1.165, 1.54) is 44.2 Å². The number of hydrogen-bond acceptors (Lipinski definition) is 1. The van der Waals surface area contributed by atoms with E-state index in [0.29, 0.717) is 5.54 Å². The Kier molecular flexibility index (Phi) is 2.55. The van der Waals surface area contributed by atoms with Crippen molar-refractivity contribution in [2.45, 2.75) is 51.5 Å². The van der Waals surface area contributed by atoms with Crippen molar-refractivity contribution < 1.29 is 0 Å². The van der Waals surface area contributed by atoms with Gasteiger partial charge in [0.15, 0.2) is 0 Å². The molecule has 0 amide bonds. The van der Waals surface area contributed by atoms with Crippen molar-refractivity contribution in [3.05, 3.63) is 34.4 Å². The molecular weight excluding hydrogens is 206 g/mol. The molecular formula is C16H23N. The lowest BCUT2D eigenvalue weighted by atomic mass is 9.84. The van der Waals surface area contributed by atoms with Gasteiger partial charge in [0, 0.05) is 5.54 Å². The summed E-state index contributed by atoms with van der Waals surface area (Å²) in [5, 5.41) is 0. The molecule has 1 nitrogen and oxygen atoms in total. The number of aryl methyl sites for hydroxylation is 2. The van der Waals surface area contributed by atoms with Crippen LogP contribution in [0.3, 0.4) is 0 Å². The second-order valence-electron chi connectivity index (χ2n) is 5.81. The molecule has 92 valence electrons. The molecule has 1 aliphatic heterocycles. The van der Waals surface area contributed by atoms with Crippen molar-refractivity contribution in [1.82, 2.24) is 4.90 Å². The number of fused-ring (bicyclic) bond motifs is 2. The first-order chi connectivity index (χ1) is 8.19. The van der Waals surface area contributed by atoms with Gasteiger partial charge in [0.2, 0.25) is 0 Å². The maximum Gasteiger partial charge on any atom is 0.0466 e. The van der Waals surface area contributed by atoms with E-state index in [4.69, 9.17) is 0 Å². The topological polar surface area (TPSA) is 3.24 Å². The maximum atomic E-state index is 2.62. The fourth-order valence-corrected chi connectivity index (χ4v) is 4.10. The monoisotopic (exact) mass is 229 g/mol. The zero-order valence-electron chi connectivity index (χ0n) is 11.3. The molecule has 17 heavy (non-hydrogen) atoms. The second-order valence-corrected chi connectivity index (χ2v) is 5.81. The van der Waals surface area contributed by atoms with Gasteiger partial charge in [-0.25, -0.2) is 0 Å². The molecule has 1 aliphatic carbocycles. The molecule has 0 aromatic heterocycles. The van der Waals surface area contributed by atoms with E-state index in [2.05, 4.69) is 37.9 Å². The van der Waals surface area contributed by atoms with Gasteiger partial charge < -0.3 is 0 Å². The molecule has 0 N–H and O–H groups in total. The molecule has 0 bridgehead atoms. The molecule has 0 radical (unpaired) electrons. The first-order valence-electron chi connectivity index (χ1n) is 7.02. The second kappa shape index (κ2) is 3.84. The van der Waals surface area contributed by atoms with Crippen LogP contribution in [0.1, 0.15) is 48.4 Å². The third kappa shape index (κ3) is 1.41. The first-order valence-corrected chi connectivity index (χ1v) is 7.02. The molecule has 1 saturated heterocycles. The van der Waals surface area contributed by atoms with Crippen LogP contribution in [0.5, 0.6) is 0 Å². The summed E-state index contributed by atoms with van der Waals surface area (Å²) in [4.78, 5) is 2.62. The predicted octanol–water partition coefficient (Wildman–Crippen LogP) is 3.42. The van der Waals surface area contributed by atoms with Crippen LogP contribution in [0.2, 0.25) is 0 Å². The van der Waals surface area contributed by atoms with Gasteiger partial charge in [0.25, 0.3) is 0 Å².